The third kappa shape index (κ3) is 6.03. The maximum atomic E-state index is 12.4. The van der Waals surface area contributed by atoms with Crippen LogP contribution in [0.5, 0.6) is 5.75 Å². The third-order valence-electron chi connectivity index (χ3n) is 4.14. The molecule has 0 aliphatic carbocycles. The molecule has 0 aliphatic heterocycles. The first-order valence-corrected chi connectivity index (χ1v) is 9.14. The highest BCUT2D eigenvalue weighted by molar-refractivity contribution is 5.98. The molecule has 0 spiro atoms. The van der Waals surface area contributed by atoms with Crippen LogP contribution in [0.1, 0.15) is 36.7 Å². The van der Waals surface area contributed by atoms with E-state index in [0.29, 0.717) is 11.5 Å². The lowest BCUT2D eigenvalue weighted by Crippen LogP contribution is -2.30. The zero-order valence-corrected chi connectivity index (χ0v) is 16.8. The first-order chi connectivity index (χ1) is 13.7. The highest BCUT2D eigenvalue weighted by atomic mass is 16.6. The molecule has 0 bridgehead atoms. The first-order valence-electron chi connectivity index (χ1n) is 9.14. The van der Waals surface area contributed by atoms with Gasteiger partial charge in [-0.1, -0.05) is 26.0 Å². The average molecular weight is 400 g/mol. The molecule has 0 unspecified atom stereocenters. The summed E-state index contributed by atoms with van der Waals surface area (Å²) in [6.07, 6.45) is -0.164. The molecule has 8 heteroatoms. The Morgan fingerprint density at radius 2 is 1.76 bits per heavy atom. The van der Waals surface area contributed by atoms with E-state index in [0.717, 1.165) is 12.0 Å². The second-order valence-electron chi connectivity index (χ2n) is 6.97. The van der Waals surface area contributed by atoms with E-state index in [1.165, 1.54) is 32.2 Å². The summed E-state index contributed by atoms with van der Waals surface area (Å²) in [5, 5.41) is 13.4. The fraction of sp³-hybridized carbons (Fsp3) is 0.333. The van der Waals surface area contributed by atoms with Crippen LogP contribution in [-0.4, -0.2) is 30.0 Å². The molecular weight excluding hydrogens is 376 g/mol. The molecule has 2 rings (SSSR count). The number of nitrogens with zero attached hydrogens (tertiary/aromatic N) is 1. The van der Waals surface area contributed by atoms with Gasteiger partial charge in [0.05, 0.1) is 29.4 Å². The SMILES string of the molecule is COc1cc([N+](=O)[O-])ccc1NC(=O)[C@H](C)OC(=O)c1ccc(CC(C)C)cc1. The minimum atomic E-state index is -1.07. The smallest absolute Gasteiger partial charge is 0.338 e. The number of carbonyl (C=O) groups is 2. The van der Waals surface area contributed by atoms with Crippen LogP contribution in [0.25, 0.3) is 0 Å². The van der Waals surface area contributed by atoms with Gasteiger partial charge in [0.2, 0.25) is 0 Å². The number of hydrogen-bond acceptors (Lipinski definition) is 6. The van der Waals surface area contributed by atoms with Crippen molar-refractivity contribution >= 4 is 23.3 Å². The quantitative estimate of drug-likeness (QED) is 0.408. The molecule has 154 valence electrons. The third-order valence-corrected chi connectivity index (χ3v) is 4.14. The number of nitro groups is 1. The molecule has 2 aromatic carbocycles. The van der Waals surface area contributed by atoms with Gasteiger partial charge < -0.3 is 14.8 Å². The van der Waals surface area contributed by atoms with Crippen molar-refractivity contribution in [3.05, 3.63) is 63.7 Å². The Labute approximate surface area is 169 Å². The topological polar surface area (TPSA) is 108 Å². The summed E-state index contributed by atoms with van der Waals surface area (Å²) in [5.41, 5.74) is 1.54. The van der Waals surface area contributed by atoms with Crippen LogP contribution in [-0.2, 0) is 16.0 Å². The molecule has 29 heavy (non-hydrogen) atoms. The second kappa shape index (κ2) is 9.68. The molecule has 0 aliphatic rings. The largest absolute Gasteiger partial charge is 0.494 e. The number of amides is 1. The van der Waals surface area contributed by atoms with Crippen molar-refractivity contribution in [1.82, 2.24) is 0 Å². The summed E-state index contributed by atoms with van der Waals surface area (Å²) < 4.78 is 10.3. The summed E-state index contributed by atoms with van der Waals surface area (Å²) in [4.78, 5) is 34.9. The summed E-state index contributed by atoms with van der Waals surface area (Å²) in [5.74, 6) is -0.555. The van der Waals surface area contributed by atoms with Gasteiger partial charge in [0.25, 0.3) is 11.6 Å². The van der Waals surface area contributed by atoms with E-state index in [4.69, 9.17) is 9.47 Å². The Morgan fingerprint density at radius 3 is 2.31 bits per heavy atom. The van der Waals surface area contributed by atoms with Crippen LogP contribution in [0.3, 0.4) is 0 Å². The molecule has 0 saturated heterocycles. The molecule has 8 nitrogen and oxygen atoms in total. The highest BCUT2D eigenvalue weighted by Crippen LogP contribution is 2.29. The van der Waals surface area contributed by atoms with Gasteiger partial charge in [-0.05, 0) is 43.0 Å². The molecule has 1 amide bonds. The highest BCUT2D eigenvalue weighted by Gasteiger charge is 2.21. The summed E-state index contributed by atoms with van der Waals surface area (Å²) >= 11 is 0. The van der Waals surface area contributed by atoms with Gasteiger partial charge in [-0.15, -0.1) is 0 Å². The van der Waals surface area contributed by atoms with E-state index in [1.807, 2.05) is 12.1 Å². The van der Waals surface area contributed by atoms with Crippen molar-refractivity contribution in [2.45, 2.75) is 33.3 Å². The van der Waals surface area contributed by atoms with Crippen LogP contribution in [0.15, 0.2) is 42.5 Å². The summed E-state index contributed by atoms with van der Waals surface area (Å²) in [7, 11) is 1.33. The molecule has 0 heterocycles. The molecule has 2 aromatic rings. The number of benzene rings is 2. The number of non-ortho nitro benzene ring substituents is 1. The van der Waals surface area contributed by atoms with Crippen LogP contribution < -0.4 is 10.1 Å². The van der Waals surface area contributed by atoms with Gasteiger partial charge >= 0.3 is 5.97 Å². The molecule has 1 N–H and O–H groups in total. The predicted molar refractivity (Wildman–Crippen MR) is 108 cm³/mol. The van der Waals surface area contributed by atoms with Gasteiger partial charge in [0.15, 0.2) is 6.10 Å². The Bertz CT molecular complexity index is 893. The van der Waals surface area contributed by atoms with Crippen molar-refractivity contribution in [3.8, 4) is 5.75 Å². The predicted octanol–water partition coefficient (Wildman–Crippen LogP) is 3.99. The number of nitro benzene ring substituents is 1. The van der Waals surface area contributed by atoms with Crippen molar-refractivity contribution in [3.63, 3.8) is 0 Å². The Kier molecular flexibility index (Phi) is 7.30. The molecule has 0 aromatic heterocycles. The standard InChI is InChI=1S/C21H24N2O6/c1-13(2)11-15-5-7-16(8-6-15)21(25)29-14(3)20(24)22-18-10-9-17(23(26)27)12-19(18)28-4/h5-10,12-14H,11H2,1-4H3,(H,22,24)/t14-/m0/s1. The monoisotopic (exact) mass is 400 g/mol. The molecular formula is C21H24N2O6. The van der Waals surface area contributed by atoms with Gasteiger partial charge in [0.1, 0.15) is 5.75 Å². The lowest BCUT2D eigenvalue weighted by Gasteiger charge is -2.15. The fourth-order valence-electron chi connectivity index (χ4n) is 2.66. The molecule has 0 saturated carbocycles. The van der Waals surface area contributed by atoms with E-state index >= 15 is 0 Å². The maximum Gasteiger partial charge on any atom is 0.338 e. The summed E-state index contributed by atoms with van der Waals surface area (Å²) in [6, 6.07) is 10.9. The number of rotatable bonds is 8. The normalized spacial score (nSPS) is 11.6. The Morgan fingerprint density at radius 1 is 1.10 bits per heavy atom. The van der Waals surface area contributed by atoms with E-state index in [9.17, 15) is 19.7 Å². The maximum absolute atomic E-state index is 12.4. The van der Waals surface area contributed by atoms with Crippen molar-refractivity contribution in [2.75, 3.05) is 12.4 Å². The lowest BCUT2D eigenvalue weighted by atomic mass is 10.0. The van der Waals surface area contributed by atoms with Crippen molar-refractivity contribution < 1.29 is 24.0 Å². The average Bonchev–Trinajstić information content (AvgIpc) is 2.67. The van der Waals surface area contributed by atoms with Gasteiger partial charge in [-0.3, -0.25) is 14.9 Å². The van der Waals surface area contributed by atoms with Crippen LogP contribution in [0.4, 0.5) is 11.4 Å². The van der Waals surface area contributed by atoms with Gasteiger partial charge in [-0.2, -0.15) is 0 Å². The van der Waals surface area contributed by atoms with Crippen LogP contribution in [0, 0.1) is 16.0 Å². The minimum absolute atomic E-state index is 0.131. The van der Waals surface area contributed by atoms with Crippen molar-refractivity contribution in [2.24, 2.45) is 5.92 Å². The van der Waals surface area contributed by atoms with E-state index in [1.54, 1.807) is 12.1 Å². The number of ether oxygens (including phenoxy) is 2. The number of anilines is 1. The fourth-order valence-corrected chi connectivity index (χ4v) is 2.66. The number of methoxy groups -OCH3 is 1. The first kappa shape index (κ1) is 21.9. The Hall–Kier alpha value is -3.42. The molecule has 0 fully saturated rings. The molecule has 1 atom stereocenters. The summed E-state index contributed by atoms with van der Waals surface area (Å²) in [6.45, 7) is 5.67. The zero-order valence-electron chi connectivity index (χ0n) is 16.8. The van der Waals surface area contributed by atoms with Gasteiger partial charge in [0, 0.05) is 6.07 Å². The number of carbonyl (C=O) groups excluding carboxylic acids is 2. The van der Waals surface area contributed by atoms with Gasteiger partial charge in [-0.25, -0.2) is 4.79 Å². The number of hydrogen-bond donors (Lipinski definition) is 1. The lowest BCUT2D eigenvalue weighted by molar-refractivity contribution is -0.384. The van der Waals surface area contributed by atoms with Crippen LogP contribution >= 0.6 is 0 Å². The van der Waals surface area contributed by atoms with E-state index in [2.05, 4.69) is 19.2 Å². The van der Waals surface area contributed by atoms with E-state index < -0.39 is 22.9 Å². The Balaban J connectivity index is 2.01. The molecule has 0 radical (unpaired) electrons. The van der Waals surface area contributed by atoms with E-state index in [-0.39, 0.29) is 17.1 Å². The minimum Gasteiger partial charge on any atom is -0.494 e. The van der Waals surface area contributed by atoms with Crippen LogP contribution in [0.2, 0.25) is 0 Å². The number of esters is 1. The number of nitrogens with one attached hydrogen (secondary N) is 1. The second-order valence-corrected chi connectivity index (χ2v) is 6.97. The van der Waals surface area contributed by atoms with Crippen molar-refractivity contribution in [1.29, 1.82) is 0 Å². The zero-order chi connectivity index (χ0) is 21.6.